The normalized spacial score (nSPS) is 14.5. The van der Waals surface area contributed by atoms with Crippen LogP contribution in [0.2, 0.25) is 0 Å². The van der Waals surface area contributed by atoms with E-state index >= 15 is 0 Å². The van der Waals surface area contributed by atoms with Crippen molar-refractivity contribution in [2.24, 2.45) is 0 Å². The Labute approximate surface area is 91.0 Å². The Bertz CT molecular complexity index is 365. The highest BCUT2D eigenvalue weighted by Crippen LogP contribution is 2.25. The number of halogens is 1. The maximum atomic E-state index is 11.1. The lowest BCUT2D eigenvalue weighted by Gasteiger charge is -2.17. The molecule has 74 valence electrons. The third-order valence-electron chi connectivity index (χ3n) is 2.27. The lowest BCUT2D eigenvalue weighted by atomic mass is 10.0. The molecule has 0 bridgehead atoms. The molecule has 1 aromatic rings. The Balaban J connectivity index is 2.26. The Hall–Kier alpha value is -1.03. The zero-order valence-corrected chi connectivity index (χ0v) is 9.23. The van der Waals surface area contributed by atoms with E-state index in [0.717, 1.165) is 23.2 Å². The Morgan fingerprint density at radius 3 is 3.07 bits per heavy atom. The van der Waals surface area contributed by atoms with Gasteiger partial charge in [-0.1, -0.05) is 15.9 Å². The van der Waals surface area contributed by atoms with Crippen molar-refractivity contribution in [1.29, 1.82) is 0 Å². The van der Waals surface area contributed by atoms with E-state index in [9.17, 15) is 4.79 Å². The van der Waals surface area contributed by atoms with Crippen LogP contribution in [0.5, 0.6) is 0 Å². The lowest BCUT2D eigenvalue weighted by Crippen LogP contribution is -2.18. The van der Waals surface area contributed by atoms with Crippen molar-refractivity contribution in [1.82, 2.24) is 0 Å². The molecule has 1 aliphatic heterocycles. The largest absolute Gasteiger partial charge is 0.375 e. The number of nitrogens with one attached hydrogen (secondary N) is 2. The first-order valence-corrected chi connectivity index (χ1v) is 5.64. The Morgan fingerprint density at radius 1 is 1.43 bits per heavy atom. The minimum absolute atomic E-state index is 0.110. The van der Waals surface area contributed by atoms with Gasteiger partial charge in [-0.05, 0) is 30.2 Å². The van der Waals surface area contributed by atoms with E-state index in [1.807, 2.05) is 12.1 Å². The summed E-state index contributed by atoms with van der Waals surface area (Å²) in [7, 11) is 0. The summed E-state index contributed by atoms with van der Waals surface area (Å²) in [5, 5.41) is 6.02. The second-order valence-corrected chi connectivity index (χ2v) is 3.79. The minimum atomic E-state index is 0.110. The van der Waals surface area contributed by atoms with Crippen molar-refractivity contribution >= 4 is 33.2 Å². The highest BCUT2D eigenvalue weighted by atomic mass is 79.9. The molecule has 0 aliphatic carbocycles. The van der Waals surface area contributed by atoms with Crippen LogP contribution in [0, 0.1) is 0 Å². The van der Waals surface area contributed by atoms with Gasteiger partial charge in [0.25, 0.3) is 0 Å². The molecular formula is C10H11BrN2O. The summed E-state index contributed by atoms with van der Waals surface area (Å²) in [5.41, 5.74) is 3.96. The number of anilines is 2. The Morgan fingerprint density at radius 2 is 2.29 bits per heavy atom. The fraction of sp³-hybridized carbons (Fsp3) is 0.300. The highest BCUT2D eigenvalue weighted by Gasteiger charge is 2.14. The summed E-state index contributed by atoms with van der Waals surface area (Å²) in [6.45, 7) is 0. The van der Waals surface area contributed by atoms with Crippen LogP contribution in [0.3, 0.4) is 0 Å². The number of benzene rings is 1. The summed E-state index contributed by atoms with van der Waals surface area (Å²) in [6, 6.07) is 5.99. The fourth-order valence-electron chi connectivity index (χ4n) is 1.57. The highest BCUT2D eigenvalue weighted by molar-refractivity contribution is 9.09. The molecule has 0 saturated heterocycles. The molecular weight excluding hydrogens is 244 g/mol. The maximum absolute atomic E-state index is 11.1. The van der Waals surface area contributed by atoms with E-state index in [1.54, 1.807) is 0 Å². The van der Waals surface area contributed by atoms with E-state index in [2.05, 4.69) is 32.6 Å². The standard InChI is InChI=1S/C10H11BrN2O/c11-6-12-8-2-3-9-7(5-8)1-4-10(14)13-9/h2-3,5,12H,1,4,6H2,(H,13,14). The quantitative estimate of drug-likeness (QED) is 0.629. The van der Waals surface area contributed by atoms with Gasteiger partial charge in [0, 0.05) is 17.8 Å². The summed E-state index contributed by atoms with van der Waals surface area (Å²) in [6.07, 6.45) is 1.42. The summed E-state index contributed by atoms with van der Waals surface area (Å²) >= 11 is 3.31. The molecule has 1 aliphatic rings. The molecule has 0 aromatic heterocycles. The van der Waals surface area contributed by atoms with Crippen LogP contribution in [-0.4, -0.2) is 11.4 Å². The molecule has 0 radical (unpaired) electrons. The summed E-state index contributed by atoms with van der Waals surface area (Å²) in [4.78, 5) is 11.1. The van der Waals surface area contributed by atoms with E-state index in [0.29, 0.717) is 6.42 Å². The van der Waals surface area contributed by atoms with Crippen LogP contribution >= 0.6 is 15.9 Å². The molecule has 3 nitrogen and oxygen atoms in total. The van der Waals surface area contributed by atoms with Crippen LogP contribution in [0.15, 0.2) is 18.2 Å². The molecule has 0 unspecified atom stereocenters. The second-order valence-electron chi connectivity index (χ2n) is 3.23. The predicted molar refractivity (Wildman–Crippen MR) is 60.8 cm³/mol. The number of fused-ring (bicyclic) bond motifs is 1. The van der Waals surface area contributed by atoms with E-state index in [4.69, 9.17) is 0 Å². The monoisotopic (exact) mass is 254 g/mol. The van der Waals surface area contributed by atoms with E-state index in [1.165, 1.54) is 5.56 Å². The van der Waals surface area contributed by atoms with E-state index < -0.39 is 0 Å². The first-order valence-electron chi connectivity index (χ1n) is 4.52. The number of carbonyl (C=O) groups is 1. The van der Waals surface area contributed by atoms with Crippen LogP contribution in [-0.2, 0) is 11.2 Å². The van der Waals surface area contributed by atoms with Gasteiger partial charge in [-0.2, -0.15) is 0 Å². The van der Waals surface area contributed by atoms with Gasteiger partial charge >= 0.3 is 0 Å². The molecule has 2 N–H and O–H groups in total. The topological polar surface area (TPSA) is 41.1 Å². The summed E-state index contributed by atoms with van der Waals surface area (Å²) < 4.78 is 0. The molecule has 2 rings (SSSR count). The number of rotatable bonds is 2. The molecule has 14 heavy (non-hydrogen) atoms. The molecule has 0 fully saturated rings. The van der Waals surface area contributed by atoms with Gasteiger partial charge in [0.2, 0.25) is 5.91 Å². The van der Waals surface area contributed by atoms with Crippen LogP contribution in [0.25, 0.3) is 0 Å². The van der Waals surface area contributed by atoms with Gasteiger partial charge in [-0.3, -0.25) is 4.79 Å². The maximum Gasteiger partial charge on any atom is 0.224 e. The van der Waals surface area contributed by atoms with Crippen molar-refractivity contribution < 1.29 is 4.79 Å². The van der Waals surface area contributed by atoms with Gasteiger partial charge in [0.05, 0.1) is 5.45 Å². The average molecular weight is 255 g/mol. The van der Waals surface area contributed by atoms with Crippen molar-refractivity contribution in [2.45, 2.75) is 12.8 Å². The molecule has 0 saturated carbocycles. The molecule has 4 heteroatoms. The number of amides is 1. The summed E-state index contributed by atoms with van der Waals surface area (Å²) in [5.74, 6) is 0.110. The van der Waals surface area contributed by atoms with Gasteiger partial charge in [-0.15, -0.1) is 0 Å². The lowest BCUT2D eigenvalue weighted by molar-refractivity contribution is -0.116. The number of alkyl halides is 1. The minimum Gasteiger partial charge on any atom is -0.375 e. The van der Waals surface area contributed by atoms with Crippen molar-refractivity contribution in [2.75, 3.05) is 16.1 Å². The van der Waals surface area contributed by atoms with Crippen LogP contribution in [0.4, 0.5) is 11.4 Å². The number of hydrogen-bond acceptors (Lipinski definition) is 2. The van der Waals surface area contributed by atoms with Gasteiger partial charge in [0.1, 0.15) is 0 Å². The molecule has 0 spiro atoms. The number of hydrogen-bond donors (Lipinski definition) is 2. The smallest absolute Gasteiger partial charge is 0.224 e. The molecule has 1 amide bonds. The zero-order valence-electron chi connectivity index (χ0n) is 7.64. The van der Waals surface area contributed by atoms with Gasteiger partial charge in [-0.25, -0.2) is 0 Å². The zero-order chi connectivity index (χ0) is 9.97. The first-order chi connectivity index (χ1) is 6.79. The van der Waals surface area contributed by atoms with Crippen LogP contribution < -0.4 is 10.6 Å². The SMILES string of the molecule is O=C1CCc2cc(NCBr)ccc2N1. The third-order valence-corrected chi connectivity index (χ3v) is 2.55. The molecule has 0 atom stereocenters. The molecule has 1 heterocycles. The predicted octanol–water partition coefficient (Wildman–Crippen LogP) is 2.34. The third kappa shape index (κ3) is 1.90. The molecule has 1 aromatic carbocycles. The van der Waals surface area contributed by atoms with E-state index in [-0.39, 0.29) is 5.91 Å². The average Bonchev–Trinajstić information content (AvgIpc) is 2.19. The van der Waals surface area contributed by atoms with Crippen molar-refractivity contribution in [3.8, 4) is 0 Å². The number of aryl methyl sites for hydroxylation is 1. The first kappa shape index (κ1) is 9.52. The van der Waals surface area contributed by atoms with Crippen LogP contribution in [0.1, 0.15) is 12.0 Å². The van der Waals surface area contributed by atoms with Crippen molar-refractivity contribution in [3.05, 3.63) is 23.8 Å². The van der Waals surface area contributed by atoms with Crippen molar-refractivity contribution in [3.63, 3.8) is 0 Å². The second kappa shape index (κ2) is 4.00. The Kier molecular flexibility index (Phi) is 2.72. The van der Waals surface area contributed by atoms with Gasteiger partial charge in [0.15, 0.2) is 0 Å². The van der Waals surface area contributed by atoms with Gasteiger partial charge < -0.3 is 10.6 Å². The number of carbonyl (C=O) groups excluding carboxylic acids is 1. The fourth-order valence-corrected chi connectivity index (χ4v) is 1.89.